The van der Waals surface area contributed by atoms with Gasteiger partial charge in [-0.25, -0.2) is 13.8 Å². The Morgan fingerprint density at radius 3 is 2.62 bits per heavy atom. The van der Waals surface area contributed by atoms with Crippen LogP contribution < -0.4 is 25.4 Å². The van der Waals surface area contributed by atoms with Crippen molar-refractivity contribution in [1.82, 2.24) is 30.1 Å². The first-order chi connectivity index (χ1) is 22.2. The van der Waals surface area contributed by atoms with E-state index in [1.54, 1.807) is 21.0 Å². The molecule has 1 aromatic carbocycles. The SMILES string of the molecule is Cc1c(F)c(N)cc(-c2nc3c4c(nc(OC[C@H]5CC[C@H](C)N5CC(=O)N(C)C)nc4c2F)N2CCNC[C@H]2[C@H](C)O3)c1C(F)(F)F. The lowest BCUT2D eigenvalue weighted by molar-refractivity contribution is -0.137. The van der Waals surface area contributed by atoms with Crippen LogP contribution in [0.4, 0.5) is 33.5 Å². The van der Waals surface area contributed by atoms with E-state index in [0.29, 0.717) is 19.6 Å². The molecule has 47 heavy (non-hydrogen) atoms. The zero-order chi connectivity index (χ0) is 33.9. The van der Waals surface area contributed by atoms with Gasteiger partial charge >= 0.3 is 12.2 Å². The minimum atomic E-state index is -5.06. The number of benzene rings is 1. The number of halogens is 5. The summed E-state index contributed by atoms with van der Waals surface area (Å²) in [6, 6.07) is 0.222. The van der Waals surface area contributed by atoms with Gasteiger partial charge in [-0.1, -0.05) is 0 Å². The summed E-state index contributed by atoms with van der Waals surface area (Å²) in [6.45, 7) is 6.58. The van der Waals surface area contributed by atoms with Crippen LogP contribution in [0.5, 0.6) is 11.9 Å². The lowest BCUT2D eigenvalue weighted by Crippen LogP contribution is -2.56. The highest BCUT2D eigenvalue weighted by Gasteiger charge is 2.41. The second-order valence-corrected chi connectivity index (χ2v) is 12.6. The van der Waals surface area contributed by atoms with Gasteiger partial charge in [0.15, 0.2) is 5.82 Å². The number of pyridine rings is 1. The Kier molecular flexibility index (Phi) is 8.53. The van der Waals surface area contributed by atoms with Crippen LogP contribution in [-0.4, -0.2) is 102 Å². The third-order valence-electron chi connectivity index (χ3n) is 9.35. The maximum absolute atomic E-state index is 16.7. The van der Waals surface area contributed by atoms with Gasteiger partial charge in [0.2, 0.25) is 11.8 Å². The number of likely N-dealkylation sites (tertiary alicyclic amines) is 1. The zero-order valence-corrected chi connectivity index (χ0v) is 26.7. The van der Waals surface area contributed by atoms with Crippen LogP contribution in [0, 0.1) is 18.6 Å². The van der Waals surface area contributed by atoms with Crippen LogP contribution in [-0.2, 0) is 11.0 Å². The molecule has 16 heteroatoms. The maximum atomic E-state index is 16.7. The van der Waals surface area contributed by atoms with Crippen molar-refractivity contribution in [2.75, 3.05) is 57.5 Å². The number of nitrogens with zero attached hydrogens (tertiary/aromatic N) is 6. The van der Waals surface area contributed by atoms with Crippen molar-refractivity contribution in [3.05, 3.63) is 28.8 Å². The van der Waals surface area contributed by atoms with Gasteiger partial charge in [-0.15, -0.1) is 0 Å². The normalized spacial score (nSPS) is 23.0. The number of likely N-dealkylation sites (N-methyl/N-ethyl adjacent to an activating group) is 1. The predicted octanol–water partition coefficient (Wildman–Crippen LogP) is 3.76. The summed E-state index contributed by atoms with van der Waals surface area (Å²) in [5.74, 6) is -2.39. The van der Waals surface area contributed by atoms with Gasteiger partial charge in [-0.05, 0) is 45.2 Å². The Morgan fingerprint density at radius 1 is 1.17 bits per heavy atom. The summed E-state index contributed by atoms with van der Waals surface area (Å²) < 4.78 is 86.7. The molecule has 11 nitrogen and oxygen atoms in total. The number of hydrogen-bond donors (Lipinski definition) is 2. The first kappa shape index (κ1) is 32.9. The number of hydrogen-bond acceptors (Lipinski definition) is 10. The number of alkyl halides is 3. The number of amides is 1. The fraction of sp³-hybridized carbons (Fsp3) is 0.548. The van der Waals surface area contributed by atoms with Crippen molar-refractivity contribution >= 4 is 28.3 Å². The quantitative estimate of drug-likeness (QED) is 0.298. The average Bonchev–Trinajstić information content (AvgIpc) is 3.31. The number of anilines is 2. The van der Waals surface area contributed by atoms with E-state index >= 15 is 4.39 Å². The van der Waals surface area contributed by atoms with Crippen molar-refractivity contribution < 1.29 is 36.2 Å². The zero-order valence-electron chi connectivity index (χ0n) is 26.7. The molecule has 5 heterocycles. The van der Waals surface area contributed by atoms with Crippen LogP contribution in [0.1, 0.15) is 37.8 Å². The number of carbonyl (C=O) groups excluding carboxylic acids is 1. The van der Waals surface area contributed by atoms with Crippen LogP contribution in [0.3, 0.4) is 0 Å². The molecular weight excluding hydrogens is 627 g/mol. The van der Waals surface area contributed by atoms with Gasteiger partial charge in [-0.2, -0.15) is 23.1 Å². The molecule has 0 unspecified atom stereocenters. The van der Waals surface area contributed by atoms with Gasteiger partial charge in [0.05, 0.1) is 23.8 Å². The van der Waals surface area contributed by atoms with Crippen LogP contribution in [0.25, 0.3) is 22.2 Å². The third-order valence-corrected chi connectivity index (χ3v) is 9.35. The summed E-state index contributed by atoms with van der Waals surface area (Å²) in [5, 5.41) is 3.38. The van der Waals surface area contributed by atoms with Crippen molar-refractivity contribution in [2.45, 2.75) is 64.0 Å². The smallest absolute Gasteiger partial charge is 0.417 e. The highest BCUT2D eigenvalue weighted by atomic mass is 19.4. The number of nitrogen functional groups attached to an aromatic ring is 1. The molecule has 3 aliphatic rings. The van der Waals surface area contributed by atoms with Gasteiger partial charge in [0.1, 0.15) is 40.9 Å². The summed E-state index contributed by atoms with van der Waals surface area (Å²) >= 11 is 0. The minimum Gasteiger partial charge on any atom is -0.472 e. The number of aromatic nitrogens is 3. The molecule has 0 radical (unpaired) electrons. The van der Waals surface area contributed by atoms with Crippen molar-refractivity contribution in [3.63, 3.8) is 0 Å². The van der Waals surface area contributed by atoms with E-state index in [-0.39, 0.29) is 65.8 Å². The summed E-state index contributed by atoms with van der Waals surface area (Å²) in [7, 11) is 3.37. The van der Waals surface area contributed by atoms with Crippen molar-refractivity contribution in [1.29, 1.82) is 0 Å². The number of rotatable bonds is 6. The summed E-state index contributed by atoms with van der Waals surface area (Å²) in [5.41, 5.74) is 1.12. The molecule has 2 saturated heterocycles. The van der Waals surface area contributed by atoms with Gasteiger partial charge < -0.3 is 30.3 Å². The lowest BCUT2D eigenvalue weighted by Gasteiger charge is -2.38. The van der Waals surface area contributed by atoms with E-state index in [1.807, 2.05) is 16.7 Å². The standard InChI is InChI=1S/C31H37F5N8O3/c1-14-6-7-17(44(14)12-21(45)42(4)5)13-46-30-40-27-22-28(41-30)43-9-8-38-11-20(43)16(3)47-29(22)39-26(25(27)33)18-10-19(37)24(32)15(2)23(18)31(34,35)36/h10,14,16-17,20,38H,6-9,11-13,37H2,1-5H3/t14-,16-,17+,20-/m0/s1. The number of nitrogens with one attached hydrogen (secondary N) is 1. The average molecular weight is 665 g/mol. The fourth-order valence-corrected chi connectivity index (χ4v) is 6.73. The molecule has 0 aliphatic carbocycles. The molecule has 254 valence electrons. The molecule has 4 atom stereocenters. The van der Waals surface area contributed by atoms with Gasteiger partial charge in [0, 0.05) is 51.4 Å². The number of piperazine rings is 1. The Bertz CT molecular complexity index is 1720. The number of ether oxygens (including phenoxy) is 2. The van der Waals surface area contributed by atoms with Crippen molar-refractivity contribution in [2.24, 2.45) is 0 Å². The molecule has 0 saturated carbocycles. The molecule has 0 spiro atoms. The summed E-state index contributed by atoms with van der Waals surface area (Å²) in [6.07, 6.45) is -4.02. The van der Waals surface area contributed by atoms with E-state index in [4.69, 9.17) is 15.2 Å². The van der Waals surface area contributed by atoms with E-state index in [0.717, 1.165) is 25.8 Å². The van der Waals surface area contributed by atoms with Crippen molar-refractivity contribution in [3.8, 4) is 23.1 Å². The molecule has 6 rings (SSSR count). The van der Waals surface area contributed by atoms with Crippen LogP contribution >= 0.6 is 0 Å². The van der Waals surface area contributed by atoms with Gasteiger partial charge in [-0.3, -0.25) is 9.69 Å². The molecular formula is C31H37F5N8O3. The Labute approximate surface area is 268 Å². The highest BCUT2D eigenvalue weighted by molar-refractivity contribution is 5.97. The lowest BCUT2D eigenvalue weighted by atomic mass is 9.96. The van der Waals surface area contributed by atoms with E-state index in [9.17, 15) is 22.4 Å². The Hall–Kier alpha value is -4.05. The summed E-state index contributed by atoms with van der Waals surface area (Å²) in [4.78, 5) is 31.3. The van der Waals surface area contributed by atoms with E-state index in [2.05, 4.69) is 20.3 Å². The molecule has 2 aromatic heterocycles. The molecule has 3 aliphatic heterocycles. The third kappa shape index (κ3) is 5.85. The Morgan fingerprint density at radius 2 is 1.91 bits per heavy atom. The van der Waals surface area contributed by atoms with Crippen LogP contribution in [0.2, 0.25) is 0 Å². The molecule has 3 aromatic rings. The maximum Gasteiger partial charge on any atom is 0.417 e. The molecule has 1 amide bonds. The fourth-order valence-electron chi connectivity index (χ4n) is 6.73. The van der Waals surface area contributed by atoms with E-state index < -0.39 is 52.0 Å². The number of fused-ring (bicyclic) bond motifs is 2. The second-order valence-electron chi connectivity index (χ2n) is 12.6. The number of nitrogens with two attached hydrogens (primary N) is 1. The highest BCUT2D eigenvalue weighted by Crippen LogP contribution is 2.46. The topological polar surface area (TPSA) is 122 Å². The second kappa shape index (κ2) is 12.2. The van der Waals surface area contributed by atoms with Gasteiger partial charge in [0.25, 0.3) is 0 Å². The molecule has 3 N–H and O–H groups in total. The largest absolute Gasteiger partial charge is 0.472 e. The first-order valence-electron chi connectivity index (χ1n) is 15.5. The van der Waals surface area contributed by atoms with Crippen LogP contribution in [0.15, 0.2) is 6.07 Å². The van der Waals surface area contributed by atoms with E-state index in [1.165, 1.54) is 4.90 Å². The molecule has 2 fully saturated rings. The minimum absolute atomic E-state index is 0.0604. The number of carbonyl (C=O) groups is 1. The molecule has 0 bridgehead atoms. The first-order valence-corrected chi connectivity index (χ1v) is 15.5. The Balaban J connectivity index is 1.50. The monoisotopic (exact) mass is 664 g/mol. The predicted molar refractivity (Wildman–Crippen MR) is 164 cm³/mol.